The van der Waals surface area contributed by atoms with Crippen LogP contribution < -0.4 is 10.6 Å². The van der Waals surface area contributed by atoms with E-state index in [1.54, 1.807) is 24.4 Å². The highest BCUT2D eigenvalue weighted by Crippen LogP contribution is 2.30. The number of carbonyl (C=O) groups is 1. The highest BCUT2D eigenvalue weighted by Gasteiger charge is 2.32. The molecular formula is C20H16F3N7O2. The zero-order valence-electron chi connectivity index (χ0n) is 16.6. The van der Waals surface area contributed by atoms with Gasteiger partial charge in [0.15, 0.2) is 5.82 Å². The Kier molecular flexibility index (Phi) is 5.45. The summed E-state index contributed by atoms with van der Waals surface area (Å²) in [5, 5.41) is 19.5. The Hall–Kier alpha value is -4.06. The minimum Gasteiger partial charge on any atom is -0.392 e. The van der Waals surface area contributed by atoms with E-state index in [-0.39, 0.29) is 29.9 Å². The molecule has 12 heteroatoms. The van der Waals surface area contributed by atoms with Gasteiger partial charge in [0, 0.05) is 36.6 Å². The summed E-state index contributed by atoms with van der Waals surface area (Å²) >= 11 is 0. The monoisotopic (exact) mass is 443 g/mol. The van der Waals surface area contributed by atoms with Gasteiger partial charge < -0.3 is 15.7 Å². The van der Waals surface area contributed by atoms with E-state index in [0.717, 1.165) is 6.07 Å². The summed E-state index contributed by atoms with van der Waals surface area (Å²) in [7, 11) is 0. The molecule has 4 rings (SSSR count). The average Bonchev–Trinajstić information content (AvgIpc) is 3.16. The van der Waals surface area contributed by atoms with Crippen molar-refractivity contribution in [3.8, 4) is 11.5 Å². The van der Waals surface area contributed by atoms with Crippen LogP contribution in [0.25, 0.3) is 17.0 Å². The quantitative estimate of drug-likeness (QED) is 0.433. The standard InChI is InChI=1S/C20H16F3N7O2/c1-11(32)25-16-9-13(5-7-24-16)26-19-17-12(10-31)6-8-30(17)29-18(28-19)14-3-2-4-15(27-14)20(21,22)23/h2-9,31H,10H2,1H3,(H2,24,25,26,28,29,32). The summed E-state index contributed by atoms with van der Waals surface area (Å²) in [4.78, 5) is 23.3. The van der Waals surface area contributed by atoms with Crippen molar-refractivity contribution in [3.05, 3.63) is 60.0 Å². The number of carbonyl (C=O) groups excluding carboxylic acids is 1. The Balaban J connectivity index is 1.81. The summed E-state index contributed by atoms with van der Waals surface area (Å²) in [6.07, 6.45) is -1.59. The fourth-order valence-electron chi connectivity index (χ4n) is 3.02. The molecule has 0 spiro atoms. The summed E-state index contributed by atoms with van der Waals surface area (Å²) in [6, 6.07) is 8.26. The van der Waals surface area contributed by atoms with E-state index >= 15 is 0 Å². The van der Waals surface area contributed by atoms with E-state index in [2.05, 4.69) is 30.7 Å². The Morgan fingerprint density at radius 2 is 2.00 bits per heavy atom. The molecule has 0 saturated carbocycles. The number of aromatic nitrogens is 5. The van der Waals surface area contributed by atoms with Crippen LogP contribution in [0.2, 0.25) is 0 Å². The van der Waals surface area contributed by atoms with Crippen molar-refractivity contribution in [1.29, 1.82) is 0 Å². The van der Waals surface area contributed by atoms with Crippen LogP contribution >= 0.6 is 0 Å². The van der Waals surface area contributed by atoms with Crippen molar-refractivity contribution in [2.75, 3.05) is 10.6 Å². The second-order valence-corrected chi connectivity index (χ2v) is 6.72. The molecule has 0 aliphatic heterocycles. The predicted molar refractivity (Wildman–Crippen MR) is 109 cm³/mol. The highest BCUT2D eigenvalue weighted by molar-refractivity contribution is 5.88. The van der Waals surface area contributed by atoms with Crippen LogP contribution in [0.1, 0.15) is 18.2 Å². The maximum Gasteiger partial charge on any atom is 0.433 e. The number of pyridine rings is 2. The number of amides is 1. The molecule has 0 fully saturated rings. The molecule has 0 aliphatic carbocycles. The van der Waals surface area contributed by atoms with Gasteiger partial charge in [-0.05, 0) is 24.3 Å². The zero-order valence-corrected chi connectivity index (χ0v) is 16.6. The van der Waals surface area contributed by atoms with Gasteiger partial charge in [-0.1, -0.05) is 6.07 Å². The summed E-state index contributed by atoms with van der Waals surface area (Å²) in [5.74, 6) is 0.168. The van der Waals surface area contributed by atoms with Gasteiger partial charge in [-0.15, -0.1) is 5.10 Å². The Morgan fingerprint density at radius 1 is 1.19 bits per heavy atom. The lowest BCUT2D eigenvalue weighted by atomic mass is 10.2. The number of halogens is 3. The van der Waals surface area contributed by atoms with E-state index in [0.29, 0.717) is 22.6 Å². The molecule has 4 aromatic rings. The Labute approximate surface area is 179 Å². The number of nitrogens with zero attached hydrogens (tertiary/aromatic N) is 5. The number of hydrogen-bond acceptors (Lipinski definition) is 7. The molecule has 1 amide bonds. The van der Waals surface area contributed by atoms with Crippen molar-refractivity contribution in [1.82, 2.24) is 24.6 Å². The SMILES string of the molecule is CC(=O)Nc1cc(Nc2nc(-c3cccc(C(F)(F)F)n3)nn3ccc(CO)c23)ccn1. The van der Waals surface area contributed by atoms with Crippen LogP contribution in [0, 0.1) is 0 Å². The number of aliphatic hydroxyl groups is 1. The topological polar surface area (TPSA) is 117 Å². The maximum absolute atomic E-state index is 13.1. The van der Waals surface area contributed by atoms with E-state index < -0.39 is 11.9 Å². The molecule has 4 heterocycles. The summed E-state index contributed by atoms with van der Waals surface area (Å²) in [5.41, 5.74) is 0.300. The molecule has 4 aromatic heterocycles. The lowest BCUT2D eigenvalue weighted by Gasteiger charge is -2.12. The van der Waals surface area contributed by atoms with Gasteiger partial charge in [0.05, 0.1) is 6.61 Å². The van der Waals surface area contributed by atoms with E-state index in [1.165, 1.54) is 29.8 Å². The van der Waals surface area contributed by atoms with Crippen LogP contribution in [0.4, 0.5) is 30.5 Å². The fraction of sp³-hybridized carbons (Fsp3) is 0.150. The molecular weight excluding hydrogens is 427 g/mol. The van der Waals surface area contributed by atoms with Gasteiger partial charge in [-0.3, -0.25) is 4.79 Å². The molecule has 164 valence electrons. The molecule has 3 N–H and O–H groups in total. The molecule has 0 saturated heterocycles. The van der Waals surface area contributed by atoms with Gasteiger partial charge in [-0.25, -0.2) is 19.5 Å². The second kappa shape index (κ2) is 8.23. The van der Waals surface area contributed by atoms with Crippen molar-refractivity contribution >= 4 is 28.7 Å². The van der Waals surface area contributed by atoms with E-state index in [4.69, 9.17) is 0 Å². The Morgan fingerprint density at radius 3 is 2.72 bits per heavy atom. The molecule has 0 atom stereocenters. The van der Waals surface area contributed by atoms with E-state index in [1.807, 2.05) is 0 Å². The van der Waals surface area contributed by atoms with Crippen molar-refractivity contribution < 1.29 is 23.1 Å². The van der Waals surface area contributed by atoms with E-state index in [9.17, 15) is 23.1 Å². The first-order chi connectivity index (χ1) is 15.2. The van der Waals surface area contributed by atoms with Crippen LogP contribution in [0.3, 0.4) is 0 Å². The molecule has 32 heavy (non-hydrogen) atoms. The van der Waals surface area contributed by atoms with Gasteiger partial charge >= 0.3 is 6.18 Å². The third kappa shape index (κ3) is 4.34. The van der Waals surface area contributed by atoms with Gasteiger partial charge in [0.25, 0.3) is 0 Å². The predicted octanol–water partition coefficient (Wildman–Crippen LogP) is 3.40. The number of rotatable bonds is 5. The van der Waals surface area contributed by atoms with Gasteiger partial charge in [0.2, 0.25) is 11.7 Å². The number of fused-ring (bicyclic) bond motifs is 1. The normalized spacial score (nSPS) is 11.5. The van der Waals surface area contributed by atoms with Crippen LogP contribution in [0.5, 0.6) is 0 Å². The second-order valence-electron chi connectivity index (χ2n) is 6.72. The third-order valence-electron chi connectivity index (χ3n) is 4.36. The zero-order chi connectivity index (χ0) is 22.9. The summed E-state index contributed by atoms with van der Waals surface area (Å²) < 4.78 is 40.7. The van der Waals surface area contributed by atoms with Crippen LogP contribution in [0.15, 0.2) is 48.8 Å². The number of hydrogen-bond donors (Lipinski definition) is 3. The lowest BCUT2D eigenvalue weighted by molar-refractivity contribution is -0.141. The molecule has 0 aromatic carbocycles. The highest BCUT2D eigenvalue weighted by atomic mass is 19.4. The first-order valence-corrected chi connectivity index (χ1v) is 9.29. The molecule has 0 aliphatic rings. The number of aliphatic hydroxyl groups excluding tert-OH is 1. The smallest absolute Gasteiger partial charge is 0.392 e. The third-order valence-corrected chi connectivity index (χ3v) is 4.36. The first kappa shape index (κ1) is 21.2. The first-order valence-electron chi connectivity index (χ1n) is 9.29. The van der Waals surface area contributed by atoms with Gasteiger partial charge in [-0.2, -0.15) is 13.2 Å². The maximum atomic E-state index is 13.1. The summed E-state index contributed by atoms with van der Waals surface area (Å²) in [6.45, 7) is 1.04. The Bertz CT molecular complexity index is 1300. The molecule has 0 radical (unpaired) electrons. The molecule has 9 nitrogen and oxygen atoms in total. The van der Waals surface area contributed by atoms with Crippen LogP contribution in [-0.2, 0) is 17.6 Å². The average molecular weight is 443 g/mol. The van der Waals surface area contributed by atoms with Gasteiger partial charge in [0.1, 0.15) is 22.7 Å². The lowest BCUT2D eigenvalue weighted by Crippen LogP contribution is -2.10. The molecule has 0 unspecified atom stereocenters. The fourth-order valence-corrected chi connectivity index (χ4v) is 3.02. The van der Waals surface area contributed by atoms with Crippen molar-refractivity contribution in [2.24, 2.45) is 0 Å². The van der Waals surface area contributed by atoms with Crippen molar-refractivity contribution in [2.45, 2.75) is 19.7 Å². The number of anilines is 3. The largest absolute Gasteiger partial charge is 0.433 e. The molecule has 0 bridgehead atoms. The number of nitrogens with one attached hydrogen (secondary N) is 2. The number of alkyl halides is 3. The van der Waals surface area contributed by atoms with Crippen molar-refractivity contribution in [3.63, 3.8) is 0 Å². The minimum atomic E-state index is -4.62. The minimum absolute atomic E-state index is 0.0534. The van der Waals surface area contributed by atoms with Crippen LogP contribution in [-0.4, -0.2) is 35.6 Å².